The standard InChI is InChI=1S/C10H19N/c1-9(2)5-7-11-8-6-10-3-4-10/h5,10-11H,3-4,6-8H2,1-2H3. The van der Waals surface area contributed by atoms with Crippen molar-refractivity contribution >= 4 is 0 Å². The van der Waals surface area contributed by atoms with Gasteiger partial charge in [0, 0.05) is 6.54 Å². The van der Waals surface area contributed by atoms with Crippen molar-refractivity contribution in [3.8, 4) is 0 Å². The first kappa shape index (κ1) is 8.79. The fraction of sp³-hybridized carbons (Fsp3) is 0.800. The van der Waals surface area contributed by atoms with E-state index in [0.29, 0.717) is 0 Å². The number of hydrogen-bond donors (Lipinski definition) is 1. The topological polar surface area (TPSA) is 12.0 Å². The Morgan fingerprint density at radius 3 is 2.73 bits per heavy atom. The van der Waals surface area contributed by atoms with E-state index in [2.05, 4.69) is 25.2 Å². The Morgan fingerprint density at radius 2 is 2.18 bits per heavy atom. The molecular weight excluding hydrogens is 134 g/mol. The van der Waals surface area contributed by atoms with Gasteiger partial charge in [-0.15, -0.1) is 0 Å². The second kappa shape index (κ2) is 4.55. The third kappa shape index (κ3) is 5.02. The average molecular weight is 153 g/mol. The van der Waals surface area contributed by atoms with Crippen LogP contribution in [0, 0.1) is 5.92 Å². The molecule has 1 aliphatic carbocycles. The zero-order chi connectivity index (χ0) is 8.10. The number of nitrogens with one attached hydrogen (secondary N) is 1. The Kier molecular flexibility index (Phi) is 3.64. The van der Waals surface area contributed by atoms with Crippen molar-refractivity contribution in [2.45, 2.75) is 33.1 Å². The van der Waals surface area contributed by atoms with Gasteiger partial charge in [-0.3, -0.25) is 0 Å². The van der Waals surface area contributed by atoms with Crippen LogP contribution in [0.15, 0.2) is 11.6 Å². The third-order valence-corrected chi connectivity index (χ3v) is 2.08. The number of allylic oxidation sites excluding steroid dienone is 1. The zero-order valence-corrected chi connectivity index (χ0v) is 7.69. The van der Waals surface area contributed by atoms with Crippen LogP contribution in [0.3, 0.4) is 0 Å². The summed E-state index contributed by atoms with van der Waals surface area (Å²) in [5.41, 5.74) is 1.41. The molecule has 0 radical (unpaired) electrons. The summed E-state index contributed by atoms with van der Waals surface area (Å²) in [6, 6.07) is 0. The first-order valence-corrected chi connectivity index (χ1v) is 4.63. The van der Waals surface area contributed by atoms with E-state index >= 15 is 0 Å². The van der Waals surface area contributed by atoms with Crippen molar-refractivity contribution in [1.29, 1.82) is 0 Å². The van der Waals surface area contributed by atoms with Gasteiger partial charge in [0.15, 0.2) is 0 Å². The van der Waals surface area contributed by atoms with E-state index in [9.17, 15) is 0 Å². The molecule has 0 aliphatic heterocycles. The molecule has 0 bridgehead atoms. The Morgan fingerprint density at radius 1 is 1.45 bits per heavy atom. The second-order valence-electron chi connectivity index (χ2n) is 3.72. The fourth-order valence-corrected chi connectivity index (χ4v) is 1.09. The van der Waals surface area contributed by atoms with Gasteiger partial charge in [-0.2, -0.15) is 0 Å². The van der Waals surface area contributed by atoms with Gasteiger partial charge in [-0.25, -0.2) is 0 Å². The van der Waals surface area contributed by atoms with Gasteiger partial charge in [0.25, 0.3) is 0 Å². The minimum absolute atomic E-state index is 1.05. The van der Waals surface area contributed by atoms with Gasteiger partial charge in [-0.05, 0) is 32.7 Å². The van der Waals surface area contributed by atoms with Crippen molar-refractivity contribution in [3.05, 3.63) is 11.6 Å². The van der Waals surface area contributed by atoms with Crippen LogP contribution in [0.4, 0.5) is 0 Å². The molecule has 1 saturated carbocycles. The monoisotopic (exact) mass is 153 g/mol. The minimum atomic E-state index is 1.05. The maximum atomic E-state index is 3.41. The summed E-state index contributed by atoms with van der Waals surface area (Å²) in [5.74, 6) is 1.06. The van der Waals surface area contributed by atoms with Crippen molar-refractivity contribution < 1.29 is 0 Å². The van der Waals surface area contributed by atoms with Gasteiger partial charge in [0.1, 0.15) is 0 Å². The first-order chi connectivity index (χ1) is 5.29. The van der Waals surface area contributed by atoms with Gasteiger partial charge in [0.2, 0.25) is 0 Å². The van der Waals surface area contributed by atoms with E-state index in [4.69, 9.17) is 0 Å². The second-order valence-corrected chi connectivity index (χ2v) is 3.72. The summed E-state index contributed by atoms with van der Waals surface area (Å²) in [5, 5.41) is 3.41. The van der Waals surface area contributed by atoms with Crippen molar-refractivity contribution in [2.24, 2.45) is 5.92 Å². The van der Waals surface area contributed by atoms with E-state index in [1.165, 1.54) is 31.4 Å². The van der Waals surface area contributed by atoms with Crippen LogP contribution in [0.1, 0.15) is 33.1 Å². The Labute approximate surface area is 69.9 Å². The van der Waals surface area contributed by atoms with E-state index in [-0.39, 0.29) is 0 Å². The zero-order valence-electron chi connectivity index (χ0n) is 7.69. The van der Waals surface area contributed by atoms with E-state index in [1.807, 2.05) is 0 Å². The maximum Gasteiger partial charge on any atom is 0.0137 e. The lowest BCUT2D eigenvalue weighted by molar-refractivity contribution is 0.643. The number of hydrogen-bond acceptors (Lipinski definition) is 1. The van der Waals surface area contributed by atoms with Crippen LogP contribution >= 0.6 is 0 Å². The SMILES string of the molecule is CC(C)=CCNCCC1CC1. The van der Waals surface area contributed by atoms with Crippen LogP contribution < -0.4 is 5.32 Å². The Balaban J connectivity index is 1.83. The molecule has 1 rings (SSSR count). The normalized spacial score (nSPS) is 16.5. The molecule has 0 amide bonds. The van der Waals surface area contributed by atoms with Crippen molar-refractivity contribution in [1.82, 2.24) is 5.32 Å². The summed E-state index contributed by atoms with van der Waals surface area (Å²) in [7, 11) is 0. The van der Waals surface area contributed by atoms with Gasteiger partial charge in [-0.1, -0.05) is 24.5 Å². The van der Waals surface area contributed by atoms with Crippen LogP contribution in [-0.4, -0.2) is 13.1 Å². The highest BCUT2D eigenvalue weighted by molar-refractivity contribution is 4.94. The van der Waals surface area contributed by atoms with E-state index in [1.54, 1.807) is 0 Å². The van der Waals surface area contributed by atoms with Gasteiger partial charge < -0.3 is 5.32 Å². The van der Waals surface area contributed by atoms with Gasteiger partial charge in [0.05, 0.1) is 0 Å². The predicted molar refractivity (Wildman–Crippen MR) is 49.6 cm³/mol. The highest BCUT2D eigenvalue weighted by Crippen LogP contribution is 2.31. The van der Waals surface area contributed by atoms with Crippen molar-refractivity contribution in [2.75, 3.05) is 13.1 Å². The molecule has 0 unspecified atom stereocenters. The van der Waals surface area contributed by atoms with Gasteiger partial charge >= 0.3 is 0 Å². The van der Waals surface area contributed by atoms with Crippen LogP contribution in [0.5, 0.6) is 0 Å². The molecule has 0 aromatic heterocycles. The van der Waals surface area contributed by atoms with Crippen LogP contribution in [0.2, 0.25) is 0 Å². The highest BCUT2D eigenvalue weighted by atomic mass is 14.8. The predicted octanol–water partition coefficient (Wildman–Crippen LogP) is 2.34. The smallest absolute Gasteiger partial charge is 0.0137 e. The Bertz CT molecular complexity index is 130. The third-order valence-electron chi connectivity index (χ3n) is 2.08. The molecule has 64 valence electrons. The summed E-state index contributed by atoms with van der Waals surface area (Å²) >= 11 is 0. The molecule has 0 heterocycles. The molecule has 0 atom stereocenters. The van der Waals surface area contributed by atoms with E-state index < -0.39 is 0 Å². The van der Waals surface area contributed by atoms with Crippen LogP contribution in [0.25, 0.3) is 0 Å². The molecule has 11 heavy (non-hydrogen) atoms. The number of rotatable bonds is 5. The molecule has 1 fully saturated rings. The molecule has 1 aliphatic rings. The molecule has 0 aromatic rings. The molecule has 0 aromatic carbocycles. The molecule has 1 heteroatoms. The minimum Gasteiger partial charge on any atom is -0.313 e. The van der Waals surface area contributed by atoms with Crippen molar-refractivity contribution in [3.63, 3.8) is 0 Å². The first-order valence-electron chi connectivity index (χ1n) is 4.63. The lowest BCUT2D eigenvalue weighted by atomic mass is 10.3. The molecule has 1 N–H and O–H groups in total. The lowest BCUT2D eigenvalue weighted by Gasteiger charge is -1.99. The largest absolute Gasteiger partial charge is 0.313 e. The average Bonchev–Trinajstić information content (AvgIpc) is 2.70. The molecule has 0 saturated heterocycles. The fourth-order valence-electron chi connectivity index (χ4n) is 1.09. The maximum absolute atomic E-state index is 3.41. The molecular formula is C10H19N. The summed E-state index contributed by atoms with van der Waals surface area (Å²) in [6.45, 7) is 6.54. The highest BCUT2D eigenvalue weighted by Gasteiger charge is 2.19. The Hall–Kier alpha value is -0.300. The quantitative estimate of drug-likeness (QED) is 0.472. The summed E-state index contributed by atoms with van der Waals surface area (Å²) in [6.07, 6.45) is 6.58. The van der Waals surface area contributed by atoms with Crippen LogP contribution in [-0.2, 0) is 0 Å². The molecule has 0 spiro atoms. The summed E-state index contributed by atoms with van der Waals surface area (Å²) < 4.78 is 0. The molecule has 1 nitrogen and oxygen atoms in total. The van der Waals surface area contributed by atoms with E-state index in [0.717, 1.165) is 12.5 Å². The lowest BCUT2D eigenvalue weighted by Crippen LogP contribution is -2.15. The summed E-state index contributed by atoms with van der Waals surface area (Å²) in [4.78, 5) is 0.